The first-order valence-corrected chi connectivity index (χ1v) is 11.3. The maximum atomic E-state index is 14.0. The van der Waals surface area contributed by atoms with E-state index < -0.39 is 69.7 Å². The third-order valence-electron chi connectivity index (χ3n) is 6.90. The number of hydrogen-bond donors (Lipinski definition) is 2. The number of nitrogens with one attached hydrogen (secondary N) is 1. The van der Waals surface area contributed by atoms with Crippen LogP contribution in [0.1, 0.15) is 52.6 Å². The fourth-order valence-corrected chi connectivity index (χ4v) is 4.46. The van der Waals surface area contributed by atoms with Crippen LogP contribution in [0, 0.1) is 17.5 Å². The van der Waals surface area contributed by atoms with Crippen LogP contribution in [-0.2, 0) is 6.54 Å². The molecule has 0 saturated heterocycles. The molecule has 1 atom stereocenters. The molecule has 2 aromatic rings. The van der Waals surface area contributed by atoms with Gasteiger partial charge in [-0.3, -0.25) is 24.1 Å². The molecule has 1 aromatic heterocycles. The molecule has 11 heteroatoms. The maximum Gasteiger partial charge on any atom is 0.278 e. The average Bonchev–Trinajstić information content (AvgIpc) is 2.80. The summed E-state index contributed by atoms with van der Waals surface area (Å²) < 4.78 is 42.4. The number of rotatable bonds is 7. The Kier molecular flexibility index (Phi) is 6.42. The van der Waals surface area contributed by atoms with Gasteiger partial charge in [0.15, 0.2) is 11.4 Å². The van der Waals surface area contributed by atoms with Crippen molar-refractivity contribution >= 4 is 11.8 Å². The summed E-state index contributed by atoms with van der Waals surface area (Å²) in [4.78, 5) is 40.5. The Bertz CT molecular complexity index is 1310. The Hall–Kier alpha value is -4.02. The van der Waals surface area contributed by atoms with E-state index in [9.17, 15) is 32.7 Å². The number of pyridine rings is 1. The van der Waals surface area contributed by atoms with E-state index in [0.717, 1.165) is 12.6 Å². The zero-order chi connectivity index (χ0) is 26.4. The van der Waals surface area contributed by atoms with E-state index in [1.807, 2.05) is 0 Å². The molecule has 0 unspecified atom stereocenters. The summed E-state index contributed by atoms with van der Waals surface area (Å²) in [6, 6.07) is 0.516. The molecule has 8 nitrogen and oxygen atoms in total. The van der Waals surface area contributed by atoms with Gasteiger partial charge >= 0.3 is 0 Å². The lowest BCUT2D eigenvalue weighted by Gasteiger charge is -2.54. The number of hydrogen-bond acceptors (Lipinski definition) is 5. The van der Waals surface area contributed by atoms with Crippen LogP contribution in [0.5, 0.6) is 5.75 Å². The molecule has 0 radical (unpaired) electrons. The Morgan fingerprint density at radius 1 is 1.22 bits per heavy atom. The van der Waals surface area contributed by atoms with Crippen LogP contribution in [0.15, 0.2) is 48.4 Å². The number of carbonyl (C=O) groups is 2. The monoisotopic (exact) mass is 502 g/mol. The second-order valence-electron chi connectivity index (χ2n) is 8.90. The molecule has 1 aromatic carbocycles. The highest BCUT2D eigenvalue weighted by Crippen LogP contribution is 2.40. The van der Waals surface area contributed by atoms with E-state index >= 15 is 0 Å². The van der Waals surface area contributed by atoms with Gasteiger partial charge in [-0.25, -0.2) is 13.2 Å². The van der Waals surface area contributed by atoms with Crippen molar-refractivity contribution in [2.75, 3.05) is 11.7 Å². The van der Waals surface area contributed by atoms with E-state index in [1.165, 1.54) is 9.58 Å². The van der Waals surface area contributed by atoms with Gasteiger partial charge in [-0.1, -0.05) is 12.2 Å². The van der Waals surface area contributed by atoms with Crippen LogP contribution in [-0.4, -0.2) is 44.7 Å². The van der Waals surface area contributed by atoms with Crippen LogP contribution >= 0.6 is 0 Å². The van der Waals surface area contributed by atoms with Gasteiger partial charge in [-0.15, -0.1) is 13.2 Å². The molecule has 0 spiro atoms. The fraction of sp³-hybridized carbons (Fsp3) is 0.320. The predicted molar refractivity (Wildman–Crippen MR) is 126 cm³/mol. The maximum absolute atomic E-state index is 14.0. The highest BCUT2D eigenvalue weighted by Gasteiger charge is 2.46. The summed E-state index contributed by atoms with van der Waals surface area (Å²) >= 11 is 0. The lowest BCUT2D eigenvalue weighted by atomic mass is 9.76. The first-order valence-electron chi connectivity index (χ1n) is 11.3. The SMILES string of the molecule is C=C[C@H](C)N1CN(C2(C=C)CCC2)n2cc(C(=O)NCc3c(F)cc(F)cc3F)c(=O)c(O)c2C1=O. The molecular formula is C25H25F3N4O4. The van der Waals surface area contributed by atoms with E-state index in [-0.39, 0.29) is 12.4 Å². The molecule has 2 N–H and O–H groups in total. The van der Waals surface area contributed by atoms with Gasteiger partial charge in [0.1, 0.15) is 29.7 Å². The van der Waals surface area contributed by atoms with Gasteiger partial charge < -0.3 is 15.3 Å². The summed E-state index contributed by atoms with van der Waals surface area (Å²) in [6.45, 7) is 8.77. The van der Waals surface area contributed by atoms with Crippen molar-refractivity contribution < 1.29 is 27.9 Å². The minimum absolute atomic E-state index is 0.0699. The first kappa shape index (κ1) is 25.1. The predicted octanol–water partition coefficient (Wildman–Crippen LogP) is 2.94. The Morgan fingerprint density at radius 2 is 1.86 bits per heavy atom. The zero-order valence-corrected chi connectivity index (χ0v) is 19.6. The lowest BCUT2D eigenvalue weighted by molar-refractivity contribution is 0.0591. The largest absolute Gasteiger partial charge is 0.502 e. The molecule has 4 rings (SSSR count). The minimum Gasteiger partial charge on any atom is -0.502 e. The highest BCUT2D eigenvalue weighted by atomic mass is 19.1. The Balaban J connectivity index is 1.76. The summed E-state index contributed by atoms with van der Waals surface area (Å²) in [5.41, 5.74) is -3.18. The molecule has 1 aliphatic heterocycles. The van der Waals surface area contributed by atoms with E-state index in [0.29, 0.717) is 25.0 Å². The zero-order valence-electron chi connectivity index (χ0n) is 19.6. The molecule has 36 heavy (non-hydrogen) atoms. The number of fused-ring (bicyclic) bond motifs is 1. The van der Waals surface area contributed by atoms with Gasteiger partial charge in [-0.2, -0.15) is 0 Å². The van der Waals surface area contributed by atoms with Gasteiger partial charge in [0.05, 0.1) is 5.54 Å². The summed E-state index contributed by atoms with van der Waals surface area (Å²) in [7, 11) is 0. The summed E-state index contributed by atoms with van der Waals surface area (Å²) in [5.74, 6) is -6.13. The molecule has 2 amide bonds. The van der Waals surface area contributed by atoms with Crippen LogP contribution in [0.25, 0.3) is 0 Å². The second kappa shape index (κ2) is 9.21. The van der Waals surface area contributed by atoms with E-state index in [1.54, 1.807) is 24.1 Å². The number of aromatic nitrogens is 1. The number of carbonyl (C=O) groups excluding carboxylic acids is 2. The number of aromatic hydroxyl groups is 1. The molecule has 1 aliphatic carbocycles. The van der Waals surface area contributed by atoms with Crippen molar-refractivity contribution in [3.05, 3.63) is 88.1 Å². The molecular weight excluding hydrogens is 477 g/mol. The fourth-order valence-electron chi connectivity index (χ4n) is 4.46. The molecule has 0 bridgehead atoms. The van der Waals surface area contributed by atoms with Gasteiger partial charge in [0.2, 0.25) is 5.43 Å². The van der Waals surface area contributed by atoms with Gasteiger partial charge in [0.25, 0.3) is 11.8 Å². The topological polar surface area (TPSA) is 94.9 Å². The van der Waals surface area contributed by atoms with Crippen molar-refractivity contribution in [3.8, 4) is 5.75 Å². The summed E-state index contributed by atoms with van der Waals surface area (Å²) in [5, 5.41) is 14.7. The second-order valence-corrected chi connectivity index (χ2v) is 8.90. The number of amides is 2. The normalized spacial score (nSPS) is 17.2. The number of halogens is 3. The van der Waals surface area contributed by atoms with Crippen molar-refractivity contribution in [2.45, 2.75) is 44.3 Å². The van der Waals surface area contributed by atoms with Crippen LogP contribution in [0.4, 0.5) is 13.2 Å². The van der Waals surface area contributed by atoms with Gasteiger partial charge in [0, 0.05) is 36.5 Å². The minimum atomic E-state index is -1.20. The smallest absolute Gasteiger partial charge is 0.278 e. The third-order valence-corrected chi connectivity index (χ3v) is 6.90. The number of benzene rings is 1. The summed E-state index contributed by atoms with van der Waals surface area (Å²) in [6.07, 6.45) is 6.67. The van der Waals surface area contributed by atoms with Crippen molar-refractivity contribution in [3.63, 3.8) is 0 Å². The molecule has 1 fully saturated rings. The van der Waals surface area contributed by atoms with Crippen LogP contribution < -0.4 is 15.8 Å². The van der Waals surface area contributed by atoms with E-state index in [4.69, 9.17) is 0 Å². The standard InChI is InChI=1S/C25H25F3N4O4/c1-4-14(3)30-13-32(25(5-2)7-6-8-25)31-12-17(21(33)22(34)20(31)24(30)36)23(35)29-11-16-18(27)9-15(26)10-19(16)28/h4-5,9-10,12,14,34H,1-2,6-8,11,13H2,3H3,(H,29,35)/t14-/m0/s1. The van der Waals surface area contributed by atoms with Crippen LogP contribution in [0.3, 0.4) is 0 Å². The molecule has 2 aliphatic rings. The quantitative estimate of drug-likeness (QED) is 0.568. The van der Waals surface area contributed by atoms with Gasteiger partial charge in [-0.05, 0) is 26.2 Å². The molecule has 2 heterocycles. The lowest BCUT2D eigenvalue weighted by Crippen LogP contribution is -2.66. The van der Waals surface area contributed by atoms with Crippen LogP contribution in [0.2, 0.25) is 0 Å². The Labute approximate surface area is 204 Å². The first-order chi connectivity index (χ1) is 17.0. The Morgan fingerprint density at radius 3 is 2.39 bits per heavy atom. The van der Waals surface area contributed by atoms with E-state index in [2.05, 4.69) is 18.5 Å². The highest BCUT2D eigenvalue weighted by molar-refractivity contribution is 5.99. The average molecular weight is 502 g/mol. The number of nitrogens with zero attached hydrogens (tertiary/aromatic N) is 3. The molecule has 190 valence electrons. The molecule has 1 saturated carbocycles. The van der Waals surface area contributed by atoms with Crippen molar-refractivity contribution in [2.24, 2.45) is 0 Å². The third kappa shape index (κ3) is 3.94. The van der Waals surface area contributed by atoms with Crippen molar-refractivity contribution in [1.29, 1.82) is 0 Å². The van der Waals surface area contributed by atoms with Crippen molar-refractivity contribution in [1.82, 2.24) is 14.9 Å².